The number of likely N-dealkylation sites (tertiary alicyclic amines) is 1. The van der Waals surface area contributed by atoms with Gasteiger partial charge in [-0.2, -0.15) is 13.2 Å². The Kier molecular flexibility index (Phi) is 5.40. The summed E-state index contributed by atoms with van der Waals surface area (Å²) in [6.07, 6.45) is 2.05. The van der Waals surface area contributed by atoms with Crippen LogP contribution in [0.3, 0.4) is 0 Å². The lowest BCUT2D eigenvalue weighted by molar-refractivity contribution is -0.0327. The number of piperidine rings is 1. The Morgan fingerprint density at radius 3 is 2.69 bits per heavy atom. The van der Waals surface area contributed by atoms with Crippen molar-refractivity contribution in [3.05, 3.63) is 0 Å². The Morgan fingerprint density at radius 1 is 1.44 bits per heavy atom. The molecular formula is C10H19F3N2S. The van der Waals surface area contributed by atoms with Crippen LogP contribution in [0.1, 0.15) is 19.8 Å². The van der Waals surface area contributed by atoms with E-state index in [1.54, 1.807) is 0 Å². The molecule has 0 spiro atoms. The molecule has 1 aliphatic rings. The maximum Gasteiger partial charge on any atom is 0.441 e. The van der Waals surface area contributed by atoms with Crippen LogP contribution >= 0.6 is 11.8 Å². The van der Waals surface area contributed by atoms with Gasteiger partial charge in [-0.05, 0) is 45.1 Å². The first-order valence-corrected chi connectivity index (χ1v) is 6.51. The molecule has 0 bridgehead atoms. The molecule has 0 amide bonds. The van der Waals surface area contributed by atoms with Gasteiger partial charge in [0.2, 0.25) is 0 Å². The molecule has 1 aliphatic heterocycles. The quantitative estimate of drug-likeness (QED) is 0.777. The fourth-order valence-electron chi connectivity index (χ4n) is 1.90. The van der Waals surface area contributed by atoms with Gasteiger partial charge in [0.25, 0.3) is 0 Å². The first kappa shape index (κ1) is 14.1. The number of thioether (sulfide) groups is 1. The third kappa shape index (κ3) is 5.41. The molecule has 2 atom stereocenters. The summed E-state index contributed by atoms with van der Waals surface area (Å²) in [6, 6.07) is 0.890. The van der Waals surface area contributed by atoms with E-state index >= 15 is 0 Å². The van der Waals surface area contributed by atoms with E-state index in [2.05, 4.69) is 24.2 Å². The second-order valence-corrected chi connectivity index (χ2v) is 5.46. The van der Waals surface area contributed by atoms with E-state index in [4.69, 9.17) is 0 Å². The predicted molar refractivity (Wildman–Crippen MR) is 61.6 cm³/mol. The Hall–Kier alpha value is 0.0600. The molecule has 6 heteroatoms. The maximum absolute atomic E-state index is 11.9. The molecule has 0 aliphatic carbocycles. The van der Waals surface area contributed by atoms with Gasteiger partial charge in [-0.25, -0.2) is 0 Å². The Morgan fingerprint density at radius 2 is 2.12 bits per heavy atom. The van der Waals surface area contributed by atoms with Gasteiger partial charge in [0, 0.05) is 24.4 Å². The van der Waals surface area contributed by atoms with E-state index in [1.165, 1.54) is 0 Å². The van der Waals surface area contributed by atoms with Gasteiger partial charge >= 0.3 is 5.51 Å². The van der Waals surface area contributed by atoms with Crippen molar-refractivity contribution < 1.29 is 13.2 Å². The lowest BCUT2D eigenvalue weighted by Gasteiger charge is -2.35. The van der Waals surface area contributed by atoms with Crippen LogP contribution in [0, 0.1) is 0 Å². The predicted octanol–water partition coefficient (Wildman–Crippen LogP) is 2.31. The van der Waals surface area contributed by atoms with E-state index in [9.17, 15) is 13.2 Å². The third-order valence-corrected chi connectivity index (χ3v) is 3.74. The summed E-state index contributed by atoms with van der Waals surface area (Å²) in [5.74, 6) is 0.101. The van der Waals surface area contributed by atoms with Crippen molar-refractivity contribution in [3.63, 3.8) is 0 Å². The van der Waals surface area contributed by atoms with Crippen LogP contribution in [0.25, 0.3) is 0 Å². The van der Waals surface area contributed by atoms with Gasteiger partial charge in [-0.15, -0.1) is 0 Å². The van der Waals surface area contributed by atoms with E-state index in [-0.39, 0.29) is 17.5 Å². The Bertz CT molecular complexity index is 211. The molecule has 0 aromatic rings. The van der Waals surface area contributed by atoms with Gasteiger partial charge in [0.05, 0.1) is 0 Å². The molecule has 0 aromatic heterocycles. The first-order chi connectivity index (χ1) is 7.38. The zero-order valence-corrected chi connectivity index (χ0v) is 10.5. The van der Waals surface area contributed by atoms with Crippen molar-refractivity contribution >= 4 is 11.8 Å². The van der Waals surface area contributed by atoms with Gasteiger partial charge in [-0.3, -0.25) is 0 Å². The standard InChI is InChI=1S/C10H19F3N2S/c1-8-7-9(3-5-15(8)2)14-4-6-16-10(11,12)13/h8-9,14H,3-7H2,1-2H3. The molecule has 2 nitrogen and oxygen atoms in total. The van der Waals surface area contributed by atoms with Crippen LogP contribution in [0.15, 0.2) is 0 Å². The molecule has 2 unspecified atom stereocenters. The van der Waals surface area contributed by atoms with Gasteiger partial charge < -0.3 is 10.2 Å². The molecule has 96 valence electrons. The van der Waals surface area contributed by atoms with Crippen molar-refractivity contribution in [1.29, 1.82) is 0 Å². The van der Waals surface area contributed by atoms with E-state index in [1.807, 2.05) is 0 Å². The normalized spacial score (nSPS) is 28.3. The molecule has 1 saturated heterocycles. The number of rotatable bonds is 4. The lowest BCUT2D eigenvalue weighted by Crippen LogP contribution is -2.46. The smallest absolute Gasteiger partial charge is 0.313 e. The van der Waals surface area contributed by atoms with Gasteiger partial charge in [-0.1, -0.05) is 0 Å². The van der Waals surface area contributed by atoms with Crippen molar-refractivity contribution in [2.24, 2.45) is 0 Å². The molecule has 0 aromatic carbocycles. The van der Waals surface area contributed by atoms with E-state index in [0.717, 1.165) is 19.4 Å². The van der Waals surface area contributed by atoms with Crippen molar-refractivity contribution in [3.8, 4) is 0 Å². The molecule has 1 fully saturated rings. The summed E-state index contributed by atoms with van der Waals surface area (Å²) >= 11 is 0.0506. The fraction of sp³-hybridized carbons (Fsp3) is 1.00. The zero-order chi connectivity index (χ0) is 12.2. The zero-order valence-electron chi connectivity index (χ0n) is 9.68. The number of hydrogen-bond acceptors (Lipinski definition) is 3. The largest absolute Gasteiger partial charge is 0.441 e. The van der Waals surface area contributed by atoms with Crippen LogP contribution in [0.2, 0.25) is 0 Å². The molecule has 16 heavy (non-hydrogen) atoms. The molecular weight excluding hydrogens is 237 g/mol. The summed E-state index contributed by atoms with van der Waals surface area (Å²) in [5.41, 5.74) is -4.10. The number of nitrogens with zero attached hydrogens (tertiary/aromatic N) is 1. The van der Waals surface area contributed by atoms with Crippen LogP contribution in [0.4, 0.5) is 13.2 Å². The van der Waals surface area contributed by atoms with Crippen LogP contribution in [0.5, 0.6) is 0 Å². The van der Waals surface area contributed by atoms with Gasteiger partial charge in [0.15, 0.2) is 0 Å². The highest BCUT2D eigenvalue weighted by atomic mass is 32.2. The molecule has 0 saturated carbocycles. The molecule has 1 rings (SSSR count). The average molecular weight is 256 g/mol. The number of hydrogen-bond donors (Lipinski definition) is 1. The van der Waals surface area contributed by atoms with Crippen LogP contribution in [-0.2, 0) is 0 Å². The Balaban J connectivity index is 2.10. The second kappa shape index (κ2) is 6.12. The van der Waals surface area contributed by atoms with Gasteiger partial charge in [0.1, 0.15) is 0 Å². The first-order valence-electron chi connectivity index (χ1n) is 5.53. The summed E-state index contributed by atoms with van der Waals surface area (Å²) in [4.78, 5) is 2.28. The minimum atomic E-state index is -4.10. The second-order valence-electron chi connectivity index (χ2n) is 4.30. The minimum Gasteiger partial charge on any atom is -0.313 e. The molecule has 1 N–H and O–H groups in total. The van der Waals surface area contributed by atoms with Crippen LogP contribution in [-0.4, -0.2) is 48.4 Å². The monoisotopic (exact) mass is 256 g/mol. The lowest BCUT2D eigenvalue weighted by atomic mass is 9.99. The van der Waals surface area contributed by atoms with Crippen molar-refractivity contribution in [1.82, 2.24) is 10.2 Å². The number of halogens is 3. The molecule has 1 heterocycles. The van der Waals surface area contributed by atoms with E-state index < -0.39 is 5.51 Å². The summed E-state index contributed by atoms with van der Waals surface area (Å²) in [7, 11) is 2.08. The number of alkyl halides is 3. The Labute approximate surface area is 98.9 Å². The van der Waals surface area contributed by atoms with Crippen LogP contribution < -0.4 is 5.32 Å². The molecule has 0 radical (unpaired) electrons. The topological polar surface area (TPSA) is 15.3 Å². The summed E-state index contributed by atoms with van der Waals surface area (Å²) in [5, 5.41) is 3.20. The SMILES string of the molecule is CC1CC(NCCSC(F)(F)F)CCN1C. The fourth-order valence-corrected chi connectivity index (χ4v) is 2.36. The average Bonchev–Trinajstić information content (AvgIpc) is 2.17. The highest BCUT2D eigenvalue weighted by Gasteiger charge is 2.28. The van der Waals surface area contributed by atoms with E-state index in [0.29, 0.717) is 18.6 Å². The number of nitrogens with one attached hydrogen (secondary N) is 1. The van der Waals surface area contributed by atoms with Crippen molar-refractivity contribution in [2.45, 2.75) is 37.4 Å². The third-order valence-electron chi connectivity index (χ3n) is 3.01. The summed E-state index contributed by atoms with van der Waals surface area (Å²) in [6.45, 7) is 3.61. The maximum atomic E-state index is 11.9. The summed E-state index contributed by atoms with van der Waals surface area (Å²) < 4.78 is 35.6. The van der Waals surface area contributed by atoms with Crippen molar-refractivity contribution in [2.75, 3.05) is 25.9 Å². The highest BCUT2D eigenvalue weighted by Crippen LogP contribution is 2.29. The minimum absolute atomic E-state index is 0.0506. The highest BCUT2D eigenvalue weighted by molar-refractivity contribution is 8.00.